The van der Waals surface area contributed by atoms with Gasteiger partial charge in [-0.2, -0.15) is 0 Å². The largest absolute Gasteiger partial charge is 0.486 e. The molecule has 0 N–H and O–H groups in total. The van der Waals surface area contributed by atoms with Crippen LogP contribution in [-0.4, -0.2) is 0 Å². The predicted molar refractivity (Wildman–Crippen MR) is 67.1 cm³/mol. The lowest BCUT2D eigenvalue weighted by molar-refractivity contribution is 0.399. The third-order valence-electron chi connectivity index (χ3n) is 2.35. The normalized spacial score (nSPS) is 10.1. The summed E-state index contributed by atoms with van der Waals surface area (Å²) in [7, 11) is 0. The van der Waals surface area contributed by atoms with Gasteiger partial charge in [-0.15, -0.1) is 0 Å². The van der Waals surface area contributed by atoms with Crippen LogP contribution in [0.2, 0.25) is 0 Å². The Bertz CT molecular complexity index is 434. The van der Waals surface area contributed by atoms with E-state index in [1.807, 2.05) is 43.0 Å². The Morgan fingerprint density at radius 3 is 2.38 bits per heavy atom. The van der Waals surface area contributed by atoms with Crippen molar-refractivity contribution in [2.45, 2.75) is 13.3 Å². The van der Waals surface area contributed by atoms with Gasteiger partial charge in [0.2, 0.25) is 0 Å². The lowest BCUT2D eigenvalue weighted by atomic mass is 10.1. The van der Waals surface area contributed by atoms with Crippen molar-refractivity contribution in [3.63, 3.8) is 0 Å². The lowest BCUT2D eigenvalue weighted by Gasteiger charge is -2.10. The molecule has 0 saturated carbocycles. The van der Waals surface area contributed by atoms with Gasteiger partial charge in [-0.05, 0) is 18.1 Å². The molecule has 16 heavy (non-hydrogen) atoms. The molecule has 1 radical (unpaired) electrons. The SMILES string of the molecule is CC[CH]Oc1ccccc1-c1ccccc1. The van der Waals surface area contributed by atoms with Crippen molar-refractivity contribution in [3.8, 4) is 16.9 Å². The van der Waals surface area contributed by atoms with Crippen LogP contribution in [0.25, 0.3) is 11.1 Å². The second-order valence-corrected chi connectivity index (χ2v) is 3.55. The van der Waals surface area contributed by atoms with Crippen LogP contribution < -0.4 is 4.74 Å². The molecule has 0 aliphatic carbocycles. The first kappa shape index (κ1) is 10.7. The summed E-state index contributed by atoms with van der Waals surface area (Å²) < 4.78 is 5.62. The quantitative estimate of drug-likeness (QED) is 0.732. The Labute approximate surface area is 96.7 Å². The van der Waals surface area contributed by atoms with Crippen LogP contribution in [0.3, 0.4) is 0 Å². The van der Waals surface area contributed by atoms with E-state index in [0.717, 1.165) is 17.7 Å². The molecule has 0 heterocycles. The number of hydrogen-bond donors (Lipinski definition) is 0. The molecular weight excluding hydrogens is 196 g/mol. The first-order chi connectivity index (χ1) is 7.92. The topological polar surface area (TPSA) is 9.23 Å². The number of benzene rings is 2. The first-order valence-electron chi connectivity index (χ1n) is 5.54. The van der Waals surface area contributed by atoms with Crippen molar-refractivity contribution in [2.75, 3.05) is 0 Å². The van der Waals surface area contributed by atoms with Gasteiger partial charge in [0.1, 0.15) is 12.4 Å². The average Bonchev–Trinajstić information content (AvgIpc) is 2.38. The molecule has 0 aliphatic heterocycles. The number of ether oxygens (including phenoxy) is 1. The van der Waals surface area contributed by atoms with Crippen LogP contribution >= 0.6 is 0 Å². The zero-order valence-corrected chi connectivity index (χ0v) is 9.39. The number of para-hydroxylation sites is 1. The minimum Gasteiger partial charge on any atom is -0.486 e. The summed E-state index contributed by atoms with van der Waals surface area (Å²) in [4.78, 5) is 0. The summed E-state index contributed by atoms with van der Waals surface area (Å²) in [6, 6.07) is 18.4. The van der Waals surface area contributed by atoms with Crippen molar-refractivity contribution in [2.24, 2.45) is 0 Å². The van der Waals surface area contributed by atoms with E-state index in [-0.39, 0.29) is 0 Å². The maximum Gasteiger partial charge on any atom is 0.135 e. The Balaban J connectivity index is 2.33. The molecule has 0 unspecified atom stereocenters. The Kier molecular flexibility index (Phi) is 3.60. The second kappa shape index (κ2) is 5.36. The van der Waals surface area contributed by atoms with Crippen molar-refractivity contribution in [1.82, 2.24) is 0 Å². The summed E-state index contributed by atoms with van der Waals surface area (Å²) in [5, 5.41) is 0. The molecule has 0 atom stereocenters. The van der Waals surface area contributed by atoms with E-state index in [1.165, 1.54) is 5.56 Å². The van der Waals surface area contributed by atoms with Crippen molar-refractivity contribution < 1.29 is 4.74 Å². The molecule has 0 amide bonds. The van der Waals surface area contributed by atoms with Gasteiger partial charge >= 0.3 is 0 Å². The molecule has 2 aromatic rings. The minimum atomic E-state index is 0.906. The van der Waals surface area contributed by atoms with Crippen LogP contribution in [-0.2, 0) is 0 Å². The van der Waals surface area contributed by atoms with Crippen LogP contribution in [0.15, 0.2) is 54.6 Å². The summed E-state index contributed by atoms with van der Waals surface area (Å²) in [5.41, 5.74) is 2.32. The van der Waals surface area contributed by atoms with E-state index < -0.39 is 0 Å². The van der Waals surface area contributed by atoms with Crippen molar-refractivity contribution in [3.05, 3.63) is 61.2 Å². The fourth-order valence-electron chi connectivity index (χ4n) is 1.60. The molecule has 1 heteroatoms. The van der Waals surface area contributed by atoms with E-state index >= 15 is 0 Å². The zero-order chi connectivity index (χ0) is 11.2. The molecule has 0 saturated heterocycles. The van der Waals surface area contributed by atoms with E-state index in [4.69, 9.17) is 4.74 Å². The Hall–Kier alpha value is -1.76. The zero-order valence-electron chi connectivity index (χ0n) is 9.39. The van der Waals surface area contributed by atoms with E-state index in [9.17, 15) is 0 Å². The Morgan fingerprint density at radius 2 is 1.62 bits per heavy atom. The number of hydrogen-bond acceptors (Lipinski definition) is 1. The average molecular weight is 211 g/mol. The highest BCUT2D eigenvalue weighted by atomic mass is 16.5. The van der Waals surface area contributed by atoms with Gasteiger partial charge in [0, 0.05) is 5.56 Å². The fraction of sp³-hybridized carbons (Fsp3) is 0.133. The van der Waals surface area contributed by atoms with Crippen LogP contribution in [0.4, 0.5) is 0 Å². The molecule has 0 fully saturated rings. The van der Waals surface area contributed by atoms with Crippen LogP contribution in [0.5, 0.6) is 5.75 Å². The molecule has 0 spiro atoms. The van der Waals surface area contributed by atoms with Crippen LogP contribution in [0.1, 0.15) is 13.3 Å². The number of rotatable bonds is 4. The maximum atomic E-state index is 5.62. The van der Waals surface area contributed by atoms with Gasteiger partial charge in [-0.1, -0.05) is 55.5 Å². The molecule has 0 bridgehead atoms. The Morgan fingerprint density at radius 1 is 0.938 bits per heavy atom. The summed E-state index contributed by atoms with van der Waals surface area (Å²) in [6.07, 6.45) is 0.906. The fourth-order valence-corrected chi connectivity index (χ4v) is 1.60. The molecule has 81 valence electrons. The van der Waals surface area contributed by atoms with Crippen molar-refractivity contribution >= 4 is 0 Å². The second-order valence-electron chi connectivity index (χ2n) is 3.55. The molecule has 0 aromatic heterocycles. The first-order valence-corrected chi connectivity index (χ1v) is 5.54. The molecular formula is C15H15O. The molecule has 2 aromatic carbocycles. The van der Waals surface area contributed by atoms with Gasteiger partial charge in [0.25, 0.3) is 0 Å². The molecule has 1 nitrogen and oxygen atoms in total. The van der Waals surface area contributed by atoms with E-state index in [1.54, 1.807) is 0 Å². The van der Waals surface area contributed by atoms with Crippen LogP contribution in [0, 0.1) is 6.61 Å². The highest BCUT2D eigenvalue weighted by molar-refractivity contribution is 5.70. The van der Waals surface area contributed by atoms with Gasteiger partial charge < -0.3 is 4.74 Å². The van der Waals surface area contributed by atoms with Gasteiger partial charge in [-0.3, -0.25) is 0 Å². The minimum absolute atomic E-state index is 0.906. The maximum absolute atomic E-state index is 5.62. The molecule has 2 rings (SSSR count). The third kappa shape index (κ3) is 2.43. The molecule has 0 aliphatic rings. The smallest absolute Gasteiger partial charge is 0.135 e. The van der Waals surface area contributed by atoms with E-state index in [2.05, 4.69) is 25.1 Å². The predicted octanol–water partition coefficient (Wildman–Crippen LogP) is 4.30. The summed E-state index contributed by atoms with van der Waals surface area (Å²) in [5.74, 6) is 0.913. The van der Waals surface area contributed by atoms with Crippen molar-refractivity contribution in [1.29, 1.82) is 0 Å². The summed E-state index contributed by atoms with van der Waals surface area (Å²) >= 11 is 0. The summed E-state index contributed by atoms with van der Waals surface area (Å²) in [6.45, 7) is 3.88. The van der Waals surface area contributed by atoms with Gasteiger partial charge in [-0.25, -0.2) is 0 Å². The lowest BCUT2D eigenvalue weighted by Crippen LogP contribution is -1.90. The highest BCUT2D eigenvalue weighted by Crippen LogP contribution is 2.29. The highest BCUT2D eigenvalue weighted by Gasteiger charge is 2.04. The third-order valence-corrected chi connectivity index (χ3v) is 2.35. The monoisotopic (exact) mass is 211 g/mol. The van der Waals surface area contributed by atoms with Gasteiger partial charge in [0.15, 0.2) is 0 Å². The van der Waals surface area contributed by atoms with E-state index in [0.29, 0.717) is 0 Å². The standard InChI is InChI=1S/C15H15O/c1-2-12-16-15-11-7-6-10-14(15)13-8-4-3-5-9-13/h3-12H,2H2,1H3. The van der Waals surface area contributed by atoms with Gasteiger partial charge in [0.05, 0.1) is 0 Å².